The van der Waals surface area contributed by atoms with Gasteiger partial charge in [0.25, 0.3) is 5.56 Å². The smallest absolute Gasteiger partial charge is 0.259 e. The summed E-state index contributed by atoms with van der Waals surface area (Å²) >= 11 is 0. The van der Waals surface area contributed by atoms with E-state index in [0.717, 1.165) is 5.56 Å². The summed E-state index contributed by atoms with van der Waals surface area (Å²) in [6.45, 7) is 2.32. The number of aromatic nitrogens is 1. The molecule has 1 atom stereocenters. The Hall–Kier alpha value is -4.12. The number of hydrogen-bond acceptors (Lipinski definition) is 7. The van der Waals surface area contributed by atoms with Crippen LogP contribution in [0.15, 0.2) is 63.3 Å². The highest BCUT2D eigenvalue weighted by atomic mass is 16.7. The molecule has 0 bridgehead atoms. The van der Waals surface area contributed by atoms with E-state index in [1.54, 1.807) is 22.8 Å². The van der Waals surface area contributed by atoms with Gasteiger partial charge >= 0.3 is 0 Å². The second-order valence-electron chi connectivity index (χ2n) is 7.08. The molecule has 3 aromatic rings. The first kappa shape index (κ1) is 17.9. The molecule has 0 aliphatic carbocycles. The normalized spacial score (nSPS) is 16.7. The summed E-state index contributed by atoms with van der Waals surface area (Å²) in [5.74, 6) is 1.35. The van der Waals surface area contributed by atoms with E-state index >= 15 is 0 Å². The fourth-order valence-electron chi connectivity index (χ4n) is 3.84. The SMILES string of the molecule is Cc1cc2c(c(=O)n1Cc1ccc3c(c1)OCO3)[C@H](c1ccco1)C(C#N)=C(N)O2. The Morgan fingerprint density at radius 3 is 2.80 bits per heavy atom. The molecule has 8 heteroatoms. The Bertz CT molecular complexity index is 1280. The molecule has 2 N–H and O–H groups in total. The monoisotopic (exact) mass is 403 g/mol. The van der Waals surface area contributed by atoms with Gasteiger partial charge in [0.05, 0.1) is 24.3 Å². The number of pyridine rings is 1. The fraction of sp³-hybridized carbons (Fsp3) is 0.182. The number of aryl methyl sites for hydroxylation is 1. The molecule has 30 heavy (non-hydrogen) atoms. The molecule has 0 saturated heterocycles. The van der Waals surface area contributed by atoms with E-state index in [2.05, 4.69) is 6.07 Å². The van der Waals surface area contributed by atoms with Gasteiger partial charge in [0.1, 0.15) is 23.2 Å². The van der Waals surface area contributed by atoms with E-state index in [1.807, 2.05) is 25.1 Å². The van der Waals surface area contributed by atoms with Gasteiger partial charge in [0, 0.05) is 11.8 Å². The zero-order valence-electron chi connectivity index (χ0n) is 16.0. The number of benzene rings is 1. The third-order valence-electron chi connectivity index (χ3n) is 5.30. The first-order valence-corrected chi connectivity index (χ1v) is 9.30. The van der Waals surface area contributed by atoms with Crippen molar-refractivity contribution in [3.8, 4) is 23.3 Å². The number of ether oxygens (including phenoxy) is 3. The molecule has 2 aliphatic heterocycles. The van der Waals surface area contributed by atoms with Crippen molar-refractivity contribution in [2.24, 2.45) is 5.73 Å². The summed E-state index contributed by atoms with van der Waals surface area (Å²) in [6, 6.07) is 12.8. The zero-order valence-corrected chi connectivity index (χ0v) is 16.0. The van der Waals surface area contributed by atoms with E-state index in [0.29, 0.717) is 40.8 Å². The highest BCUT2D eigenvalue weighted by Gasteiger charge is 2.36. The zero-order chi connectivity index (χ0) is 20.8. The van der Waals surface area contributed by atoms with Crippen molar-refractivity contribution in [3.63, 3.8) is 0 Å². The average molecular weight is 403 g/mol. The minimum absolute atomic E-state index is 0.0290. The second kappa shape index (κ2) is 6.74. The lowest BCUT2D eigenvalue weighted by Gasteiger charge is -2.26. The third kappa shape index (κ3) is 2.71. The van der Waals surface area contributed by atoms with Crippen molar-refractivity contribution >= 4 is 0 Å². The van der Waals surface area contributed by atoms with Gasteiger partial charge in [-0.3, -0.25) is 4.79 Å². The number of nitrogens with zero attached hydrogens (tertiary/aromatic N) is 2. The Morgan fingerprint density at radius 1 is 1.20 bits per heavy atom. The molecule has 0 saturated carbocycles. The molecule has 2 aromatic heterocycles. The van der Waals surface area contributed by atoms with Crippen LogP contribution in [0.2, 0.25) is 0 Å². The van der Waals surface area contributed by atoms with Crippen LogP contribution in [0.1, 0.15) is 28.5 Å². The van der Waals surface area contributed by atoms with E-state index in [1.165, 1.54) is 6.26 Å². The standard InChI is InChI=1S/C22H17N3O5/c1-12-7-18-20(19(16-3-2-6-27-16)14(9-23)21(24)30-18)22(26)25(12)10-13-4-5-15-17(8-13)29-11-28-15/h2-8,19H,10-11,24H2,1H3/t19-/m0/s1. The number of furan rings is 1. The molecule has 0 spiro atoms. The summed E-state index contributed by atoms with van der Waals surface area (Å²) in [7, 11) is 0. The molecule has 150 valence electrons. The van der Waals surface area contributed by atoms with Crippen molar-refractivity contribution in [3.05, 3.63) is 87.1 Å². The van der Waals surface area contributed by atoms with Crippen LogP contribution in [0, 0.1) is 18.3 Å². The second-order valence-corrected chi connectivity index (χ2v) is 7.08. The Kier molecular flexibility index (Phi) is 4.03. The number of hydrogen-bond donors (Lipinski definition) is 1. The molecule has 8 nitrogen and oxygen atoms in total. The lowest BCUT2D eigenvalue weighted by Crippen LogP contribution is -2.32. The molecule has 0 unspecified atom stereocenters. The average Bonchev–Trinajstić information content (AvgIpc) is 3.41. The van der Waals surface area contributed by atoms with Crippen LogP contribution in [0.4, 0.5) is 0 Å². The fourth-order valence-corrected chi connectivity index (χ4v) is 3.84. The third-order valence-corrected chi connectivity index (χ3v) is 5.30. The largest absolute Gasteiger partial charge is 0.468 e. The van der Waals surface area contributed by atoms with Crippen LogP contribution in [-0.2, 0) is 6.54 Å². The van der Waals surface area contributed by atoms with E-state index < -0.39 is 5.92 Å². The molecule has 0 radical (unpaired) electrons. The maximum atomic E-state index is 13.6. The van der Waals surface area contributed by atoms with Gasteiger partial charge in [-0.05, 0) is 36.8 Å². The minimum atomic E-state index is -0.732. The maximum Gasteiger partial charge on any atom is 0.259 e. The number of nitrogens with two attached hydrogens (primary N) is 1. The van der Waals surface area contributed by atoms with Crippen molar-refractivity contribution < 1.29 is 18.6 Å². The summed E-state index contributed by atoms with van der Waals surface area (Å²) < 4.78 is 23.6. The van der Waals surface area contributed by atoms with Crippen LogP contribution in [0.25, 0.3) is 0 Å². The topological polar surface area (TPSA) is 113 Å². The van der Waals surface area contributed by atoms with E-state index in [4.69, 9.17) is 24.4 Å². The lowest BCUT2D eigenvalue weighted by atomic mass is 9.88. The van der Waals surface area contributed by atoms with Crippen LogP contribution in [0.5, 0.6) is 17.2 Å². The van der Waals surface area contributed by atoms with Gasteiger partial charge in [-0.25, -0.2) is 0 Å². The van der Waals surface area contributed by atoms with Gasteiger partial charge in [-0.2, -0.15) is 5.26 Å². The molecule has 0 fully saturated rings. The summed E-state index contributed by atoms with van der Waals surface area (Å²) in [6.07, 6.45) is 1.50. The van der Waals surface area contributed by atoms with Gasteiger partial charge in [0.2, 0.25) is 12.7 Å². The van der Waals surface area contributed by atoms with Crippen LogP contribution in [-0.4, -0.2) is 11.4 Å². The first-order valence-electron chi connectivity index (χ1n) is 9.30. The van der Waals surface area contributed by atoms with E-state index in [-0.39, 0.29) is 23.8 Å². The Balaban J connectivity index is 1.64. The van der Waals surface area contributed by atoms with Gasteiger partial charge in [0.15, 0.2) is 11.5 Å². The van der Waals surface area contributed by atoms with E-state index in [9.17, 15) is 10.1 Å². The first-order chi connectivity index (χ1) is 14.6. The molecule has 4 heterocycles. The maximum absolute atomic E-state index is 13.6. The van der Waals surface area contributed by atoms with Crippen molar-refractivity contribution in [2.75, 3.05) is 6.79 Å². The van der Waals surface area contributed by atoms with Gasteiger partial charge < -0.3 is 28.9 Å². The number of allylic oxidation sites excluding steroid dienone is 1. The van der Waals surface area contributed by atoms with Gasteiger partial charge in [-0.15, -0.1) is 0 Å². The van der Waals surface area contributed by atoms with Crippen LogP contribution < -0.4 is 25.5 Å². The summed E-state index contributed by atoms with van der Waals surface area (Å²) in [5, 5.41) is 9.65. The minimum Gasteiger partial charge on any atom is -0.468 e. The highest BCUT2D eigenvalue weighted by Crippen LogP contribution is 2.40. The Morgan fingerprint density at radius 2 is 2.03 bits per heavy atom. The summed E-state index contributed by atoms with van der Waals surface area (Å²) in [4.78, 5) is 13.6. The lowest BCUT2D eigenvalue weighted by molar-refractivity contribution is 0.174. The number of nitriles is 1. The molecule has 0 amide bonds. The van der Waals surface area contributed by atoms with Crippen LogP contribution >= 0.6 is 0 Å². The van der Waals surface area contributed by atoms with Gasteiger partial charge in [-0.1, -0.05) is 6.07 Å². The summed E-state index contributed by atoms with van der Waals surface area (Å²) in [5.41, 5.74) is 7.75. The molecule has 2 aliphatic rings. The number of rotatable bonds is 3. The predicted octanol–water partition coefficient (Wildman–Crippen LogP) is 2.74. The molecule has 1 aromatic carbocycles. The highest BCUT2D eigenvalue weighted by molar-refractivity contribution is 5.53. The molecular formula is C22H17N3O5. The molecular weight excluding hydrogens is 386 g/mol. The van der Waals surface area contributed by atoms with Crippen molar-refractivity contribution in [1.82, 2.24) is 4.57 Å². The van der Waals surface area contributed by atoms with Crippen molar-refractivity contribution in [1.29, 1.82) is 5.26 Å². The molecule has 5 rings (SSSR count). The predicted molar refractivity (Wildman–Crippen MR) is 105 cm³/mol. The number of fused-ring (bicyclic) bond motifs is 2. The Labute approximate surface area is 171 Å². The quantitative estimate of drug-likeness (QED) is 0.715. The van der Waals surface area contributed by atoms with Crippen molar-refractivity contribution in [2.45, 2.75) is 19.4 Å². The van der Waals surface area contributed by atoms with Crippen LogP contribution in [0.3, 0.4) is 0 Å².